The van der Waals surface area contributed by atoms with Crippen LogP contribution in [-0.4, -0.2) is 37.3 Å². The Bertz CT molecular complexity index is 1170. The van der Waals surface area contributed by atoms with E-state index in [1.54, 1.807) is 36.7 Å². The summed E-state index contributed by atoms with van der Waals surface area (Å²) >= 11 is 0. The van der Waals surface area contributed by atoms with E-state index in [2.05, 4.69) is 15.4 Å². The van der Waals surface area contributed by atoms with E-state index in [0.717, 1.165) is 0 Å². The molecule has 1 amide bonds. The zero-order chi connectivity index (χ0) is 21.6. The third-order valence-corrected chi connectivity index (χ3v) is 6.05. The van der Waals surface area contributed by atoms with Gasteiger partial charge >= 0.3 is 5.97 Å². The quantitative estimate of drug-likeness (QED) is 0.629. The third kappa shape index (κ3) is 3.27. The summed E-state index contributed by atoms with van der Waals surface area (Å²) in [6, 6.07) is 8.99. The summed E-state index contributed by atoms with van der Waals surface area (Å²) in [5, 5.41) is 17.9. The van der Waals surface area contributed by atoms with Gasteiger partial charge in [-0.25, -0.2) is 13.9 Å². The monoisotopic (exact) mass is 422 g/mol. The van der Waals surface area contributed by atoms with Crippen molar-refractivity contribution in [3.63, 3.8) is 0 Å². The van der Waals surface area contributed by atoms with Gasteiger partial charge in [0.1, 0.15) is 17.0 Å². The molecule has 2 aliphatic rings. The van der Waals surface area contributed by atoms with Crippen LogP contribution in [0.5, 0.6) is 0 Å². The number of ether oxygens (including phenoxy) is 1. The lowest BCUT2D eigenvalue weighted by Crippen LogP contribution is -2.49. The highest BCUT2D eigenvalue weighted by Gasteiger charge is 2.53. The number of aromatic nitrogens is 3. The number of amides is 1. The van der Waals surface area contributed by atoms with Crippen LogP contribution in [-0.2, 0) is 15.1 Å². The molecule has 1 aliphatic carbocycles. The van der Waals surface area contributed by atoms with Gasteiger partial charge in [-0.05, 0) is 56.0 Å². The minimum atomic E-state index is -1.61. The van der Waals surface area contributed by atoms with Crippen molar-refractivity contribution in [3.05, 3.63) is 71.9 Å². The Hall–Kier alpha value is -3.59. The molecule has 2 N–H and O–H groups in total. The molecule has 3 aromatic rings. The van der Waals surface area contributed by atoms with Crippen molar-refractivity contribution >= 4 is 17.7 Å². The van der Waals surface area contributed by atoms with Gasteiger partial charge in [0.15, 0.2) is 5.82 Å². The van der Waals surface area contributed by atoms with Crippen LogP contribution in [0.1, 0.15) is 41.6 Å². The molecule has 0 radical (unpaired) electrons. The maximum absolute atomic E-state index is 13.1. The molecule has 5 rings (SSSR count). The molecule has 8 nitrogen and oxygen atoms in total. The molecule has 3 heterocycles. The Morgan fingerprint density at radius 1 is 1.13 bits per heavy atom. The van der Waals surface area contributed by atoms with Gasteiger partial charge in [-0.1, -0.05) is 0 Å². The molecule has 31 heavy (non-hydrogen) atoms. The highest BCUT2D eigenvalue weighted by molar-refractivity contribution is 5.97. The van der Waals surface area contributed by atoms with Gasteiger partial charge in [0.05, 0.1) is 11.3 Å². The zero-order valence-electron chi connectivity index (χ0n) is 16.4. The largest absolute Gasteiger partial charge is 0.450 e. The van der Waals surface area contributed by atoms with Crippen LogP contribution < -0.4 is 5.32 Å². The Morgan fingerprint density at radius 2 is 1.87 bits per heavy atom. The van der Waals surface area contributed by atoms with Crippen LogP contribution in [0.3, 0.4) is 0 Å². The van der Waals surface area contributed by atoms with E-state index in [1.165, 1.54) is 23.0 Å². The molecule has 9 heteroatoms. The first kappa shape index (κ1) is 19.4. The van der Waals surface area contributed by atoms with E-state index < -0.39 is 23.1 Å². The van der Waals surface area contributed by atoms with Crippen molar-refractivity contribution in [3.8, 4) is 5.69 Å². The second-order valence-electron chi connectivity index (χ2n) is 7.91. The summed E-state index contributed by atoms with van der Waals surface area (Å²) < 4.78 is 20.2. The maximum atomic E-state index is 13.1. The normalized spacial score (nSPS) is 24.6. The molecule has 1 saturated carbocycles. The van der Waals surface area contributed by atoms with Gasteiger partial charge in [-0.2, -0.15) is 5.10 Å². The molecule has 0 unspecified atom stereocenters. The minimum absolute atomic E-state index is 0.124. The zero-order valence-corrected chi connectivity index (χ0v) is 16.4. The SMILES string of the molecule is O=C1OC2(CCC(O)(C(=O)Nc3ccn(-c4ccc(F)cc4)n3)CC2)c2cnccc21. The van der Waals surface area contributed by atoms with Crippen LogP contribution in [0.2, 0.25) is 0 Å². The number of nitrogens with one attached hydrogen (secondary N) is 1. The molecule has 0 bridgehead atoms. The highest BCUT2D eigenvalue weighted by atomic mass is 19.1. The summed E-state index contributed by atoms with van der Waals surface area (Å²) in [6.45, 7) is 0. The van der Waals surface area contributed by atoms with Crippen molar-refractivity contribution in [2.75, 3.05) is 5.32 Å². The van der Waals surface area contributed by atoms with Crippen LogP contribution in [0.4, 0.5) is 10.2 Å². The van der Waals surface area contributed by atoms with Gasteiger partial charge < -0.3 is 15.2 Å². The smallest absolute Gasteiger partial charge is 0.339 e. The molecule has 2 aromatic heterocycles. The van der Waals surface area contributed by atoms with Gasteiger partial charge in [0.25, 0.3) is 5.91 Å². The van der Waals surface area contributed by atoms with Crippen molar-refractivity contribution in [2.24, 2.45) is 0 Å². The fraction of sp³-hybridized carbons (Fsp3) is 0.273. The first-order valence-electron chi connectivity index (χ1n) is 9.92. The Kier molecular flexibility index (Phi) is 4.37. The van der Waals surface area contributed by atoms with Gasteiger partial charge in [-0.15, -0.1) is 0 Å². The number of pyridine rings is 1. The number of anilines is 1. The number of esters is 1. The topological polar surface area (TPSA) is 106 Å². The lowest BCUT2D eigenvalue weighted by Gasteiger charge is -2.40. The van der Waals surface area contributed by atoms with Crippen LogP contribution in [0.15, 0.2) is 55.0 Å². The predicted octanol–water partition coefficient (Wildman–Crippen LogP) is 2.72. The van der Waals surface area contributed by atoms with Crippen LogP contribution in [0, 0.1) is 5.82 Å². The number of fused-ring (bicyclic) bond motifs is 2. The summed E-state index contributed by atoms with van der Waals surface area (Å²) in [7, 11) is 0. The van der Waals surface area contributed by atoms with Crippen LogP contribution in [0.25, 0.3) is 5.69 Å². The average Bonchev–Trinajstić information content (AvgIpc) is 3.34. The van der Waals surface area contributed by atoms with E-state index in [-0.39, 0.29) is 24.5 Å². The summed E-state index contributed by atoms with van der Waals surface area (Å²) in [5.74, 6) is -1.06. The molecule has 0 saturated heterocycles. The Balaban J connectivity index is 1.28. The highest BCUT2D eigenvalue weighted by Crippen LogP contribution is 2.49. The number of hydrogen-bond acceptors (Lipinski definition) is 6. The van der Waals surface area contributed by atoms with E-state index >= 15 is 0 Å². The lowest BCUT2D eigenvalue weighted by molar-refractivity contribution is -0.144. The van der Waals surface area contributed by atoms with E-state index in [9.17, 15) is 19.1 Å². The van der Waals surface area contributed by atoms with Crippen LogP contribution >= 0.6 is 0 Å². The number of nitrogens with zero attached hydrogens (tertiary/aromatic N) is 3. The molecule has 1 spiro atoms. The standard InChI is InChI=1S/C22H19FN4O4/c23-14-1-3-15(4-2-14)27-12-6-18(26-27)25-20(29)21(30)7-9-22(10-8-21)17-13-24-11-5-16(17)19(28)31-22/h1-6,11-13,30H,7-10H2,(H,25,26,29). The number of hydrogen-bond donors (Lipinski definition) is 2. The van der Waals surface area contributed by atoms with Crippen molar-refractivity contribution in [1.29, 1.82) is 0 Å². The number of rotatable bonds is 3. The average molecular weight is 422 g/mol. The summed E-state index contributed by atoms with van der Waals surface area (Å²) in [4.78, 5) is 29.1. The summed E-state index contributed by atoms with van der Waals surface area (Å²) in [6.07, 6.45) is 5.66. The molecule has 1 aliphatic heterocycles. The molecule has 1 aromatic carbocycles. The summed E-state index contributed by atoms with van der Waals surface area (Å²) in [5.41, 5.74) is -0.633. The van der Waals surface area contributed by atoms with E-state index in [1.807, 2.05) is 0 Å². The first-order valence-corrected chi connectivity index (χ1v) is 9.92. The van der Waals surface area contributed by atoms with Gasteiger partial charge in [0, 0.05) is 30.2 Å². The third-order valence-electron chi connectivity index (χ3n) is 6.05. The number of carbonyl (C=O) groups is 2. The lowest BCUT2D eigenvalue weighted by atomic mass is 9.73. The Morgan fingerprint density at radius 3 is 2.61 bits per heavy atom. The molecule has 158 valence electrons. The number of halogens is 1. The fourth-order valence-corrected chi connectivity index (χ4v) is 4.25. The maximum Gasteiger partial charge on any atom is 0.339 e. The second kappa shape index (κ2) is 6.98. The first-order chi connectivity index (χ1) is 14.9. The number of carbonyl (C=O) groups excluding carboxylic acids is 2. The second-order valence-corrected chi connectivity index (χ2v) is 7.91. The van der Waals surface area contributed by atoms with E-state index in [0.29, 0.717) is 29.7 Å². The number of aliphatic hydroxyl groups is 1. The number of benzene rings is 1. The Labute approximate surface area is 176 Å². The van der Waals surface area contributed by atoms with Gasteiger partial charge in [0.2, 0.25) is 0 Å². The van der Waals surface area contributed by atoms with Crippen molar-refractivity contribution in [1.82, 2.24) is 14.8 Å². The van der Waals surface area contributed by atoms with Crippen molar-refractivity contribution in [2.45, 2.75) is 36.9 Å². The minimum Gasteiger partial charge on any atom is -0.450 e. The molecular weight excluding hydrogens is 403 g/mol. The van der Waals surface area contributed by atoms with Crippen molar-refractivity contribution < 1.29 is 23.8 Å². The van der Waals surface area contributed by atoms with Gasteiger partial charge in [-0.3, -0.25) is 9.78 Å². The molecule has 0 atom stereocenters. The predicted molar refractivity (Wildman–Crippen MR) is 107 cm³/mol. The molecular formula is C22H19FN4O4. The van der Waals surface area contributed by atoms with E-state index in [4.69, 9.17) is 4.74 Å². The molecule has 1 fully saturated rings. The fourth-order valence-electron chi connectivity index (χ4n) is 4.25.